The minimum Gasteiger partial charge on any atom is -0.455 e. The summed E-state index contributed by atoms with van der Waals surface area (Å²) in [5.41, 5.74) is 0.522. The lowest BCUT2D eigenvalue weighted by atomic mass is 9.97. The van der Waals surface area contributed by atoms with Gasteiger partial charge in [-0.25, -0.2) is 4.79 Å². The summed E-state index contributed by atoms with van der Waals surface area (Å²) in [5, 5.41) is 4.91. The maximum atomic E-state index is 12.5. The number of amidine groups is 1. The number of carbonyl (C=O) groups is 3. The number of urea groups is 1. The van der Waals surface area contributed by atoms with E-state index in [9.17, 15) is 22.8 Å². The fourth-order valence-corrected chi connectivity index (χ4v) is 5.61. The van der Waals surface area contributed by atoms with Crippen molar-refractivity contribution in [2.24, 2.45) is 10.3 Å². The van der Waals surface area contributed by atoms with Crippen LogP contribution in [0.5, 0.6) is 0 Å². The van der Waals surface area contributed by atoms with Crippen LogP contribution in [0, 0.1) is 5.92 Å². The van der Waals surface area contributed by atoms with Crippen molar-refractivity contribution in [1.29, 1.82) is 0 Å². The molecule has 2 N–H and O–H groups in total. The van der Waals surface area contributed by atoms with E-state index in [1.165, 1.54) is 6.07 Å². The van der Waals surface area contributed by atoms with E-state index in [1.807, 2.05) is 0 Å². The number of nitrogens with zero attached hydrogens (tertiary/aromatic N) is 2. The predicted octanol–water partition coefficient (Wildman–Crippen LogP) is 1.16. The number of nitrogens with one attached hydrogen (secondary N) is 2. The van der Waals surface area contributed by atoms with Crippen LogP contribution in [-0.4, -0.2) is 62.8 Å². The minimum atomic E-state index is -3.74. The van der Waals surface area contributed by atoms with Gasteiger partial charge in [0.05, 0.1) is 5.92 Å². The lowest BCUT2D eigenvalue weighted by Gasteiger charge is -2.32. The van der Waals surface area contributed by atoms with Crippen molar-refractivity contribution in [3.63, 3.8) is 0 Å². The Bertz CT molecular complexity index is 1050. The van der Waals surface area contributed by atoms with Gasteiger partial charge in [-0.15, -0.1) is 4.40 Å². The fourth-order valence-electron chi connectivity index (χ4n) is 4.39. The third-order valence-electron chi connectivity index (χ3n) is 5.96. The van der Waals surface area contributed by atoms with Crippen molar-refractivity contribution >= 4 is 33.8 Å². The van der Waals surface area contributed by atoms with Gasteiger partial charge in [0, 0.05) is 24.7 Å². The third kappa shape index (κ3) is 4.93. The Morgan fingerprint density at radius 3 is 2.62 bits per heavy atom. The summed E-state index contributed by atoms with van der Waals surface area (Å²) in [6, 6.07) is 6.09. The molecule has 3 amide bonds. The SMILES string of the molecule is O=C(COC(=O)[C@@H]1CCCN(C2=NS(=O)(=O)c3ccccc32)C1)NC(=O)NC1CCCC1. The smallest absolute Gasteiger partial charge is 0.321 e. The third-order valence-corrected chi connectivity index (χ3v) is 7.28. The van der Waals surface area contributed by atoms with E-state index in [4.69, 9.17) is 4.74 Å². The number of carbonyl (C=O) groups excluding carboxylic acids is 3. The van der Waals surface area contributed by atoms with Crippen molar-refractivity contribution in [3.05, 3.63) is 29.8 Å². The fraction of sp³-hybridized carbons (Fsp3) is 0.524. The normalized spacial score (nSPS) is 22.1. The van der Waals surface area contributed by atoms with E-state index in [-0.39, 0.29) is 17.5 Å². The summed E-state index contributed by atoms with van der Waals surface area (Å²) in [5.74, 6) is -1.45. The zero-order valence-electron chi connectivity index (χ0n) is 17.6. The summed E-state index contributed by atoms with van der Waals surface area (Å²) >= 11 is 0. The highest BCUT2D eigenvalue weighted by Gasteiger charge is 2.35. The molecular formula is C21H26N4O6S. The standard InChI is InChI=1S/C21H26N4O6S/c26-18(23-21(28)22-15-7-1-2-8-15)13-31-20(27)14-6-5-11-25(12-14)19-16-9-3-4-10-17(16)32(29,30)24-19/h3-4,9-10,14-15H,1-2,5-8,11-13H2,(H2,22,23,26,28)/t14-/m1/s1. The molecule has 0 bridgehead atoms. The Balaban J connectivity index is 1.29. The highest BCUT2D eigenvalue weighted by molar-refractivity contribution is 7.90. The number of piperidine rings is 1. The summed E-state index contributed by atoms with van der Waals surface area (Å²) in [6.07, 6.45) is 5.10. The van der Waals surface area contributed by atoms with Crippen molar-refractivity contribution in [2.75, 3.05) is 19.7 Å². The summed E-state index contributed by atoms with van der Waals surface area (Å²) in [6.45, 7) is 0.255. The van der Waals surface area contributed by atoms with Crippen LogP contribution in [0.3, 0.4) is 0 Å². The number of benzene rings is 1. The Labute approximate surface area is 186 Å². The number of hydrogen-bond donors (Lipinski definition) is 2. The number of fused-ring (bicyclic) bond motifs is 1. The van der Waals surface area contributed by atoms with Gasteiger partial charge in [-0.05, 0) is 37.8 Å². The number of amides is 3. The van der Waals surface area contributed by atoms with E-state index in [1.54, 1.807) is 23.1 Å². The van der Waals surface area contributed by atoms with Gasteiger partial charge in [0.15, 0.2) is 12.4 Å². The lowest BCUT2D eigenvalue weighted by Crippen LogP contribution is -2.46. The average Bonchev–Trinajstić information content (AvgIpc) is 3.38. The number of rotatable bonds is 4. The molecule has 11 heteroatoms. The van der Waals surface area contributed by atoms with E-state index in [0.29, 0.717) is 30.8 Å². The van der Waals surface area contributed by atoms with Crippen molar-refractivity contribution < 1.29 is 27.5 Å². The monoisotopic (exact) mass is 462 g/mol. The molecule has 2 aliphatic heterocycles. The predicted molar refractivity (Wildman–Crippen MR) is 114 cm³/mol. The molecule has 1 aliphatic carbocycles. The van der Waals surface area contributed by atoms with Gasteiger partial charge < -0.3 is 15.0 Å². The molecule has 172 valence electrons. The maximum Gasteiger partial charge on any atom is 0.321 e. The van der Waals surface area contributed by atoms with Crippen LogP contribution >= 0.6 is 0 Å². The van der Waals surface area contributed by atoms with E-state index in [0.717, 1.165) is 25.7 Å². The molecule has 32 heavy (non-hydrogen) atoms. The zero-order valence-corrected chi connectivity index (χ0v) is 18.4. The molecule has 2 fully saturated rings. The molecule has 0 radical (unpaired) electrons. The van der Waals surface area contributed by atoms with Crippen LogP contribution in [-0.2, 0) is 24.3 Å². The van der Waals surface area contributed by atoms with Gasteiger partial charge in [0.2, 0.25) is 0 Å². The molecular weight excluding hydrogens is 436 g/mol. The van der Waals surface area contributed by atoms with Gasteiger partial charge in [-0.3, -0.25) is 14.9 Å². The molecule has 1 aromatic rings. The van der Waals surface area contributed by atoms with Crippen LogP contribution in [0.25, 0.3) is 0 Å². The Kier molecular flexibility index (Phi) is 6.45. The van der Waals surface area contributed by atoms with Crippen molar-refractivity contribution in [2.45, 2.75) is 49.5 Å². The molecule has 0 aromatic heterocycles. The molecule has 4 rings (SSSR count). The number of hydrogen-bond acceptors (Lipinski definition) is 7. The maximum absolute atomic E-state index is 12.5. The second kappa shape index (κ2) is 9.27. The molecule has 1 saturated heterocycles. The van der Waals surface area contributed by atoms with Crippen LogP contribution < -0.4 is 10.6 Å². The Morgan fingerprint density at radius 1 is 1.09 bits per heavy atom. The first-order chi connectivity index (χ1) is 15.3. The van der Waals surface area contributed by atoms with Crippen LogP contribution in [0.1, 0.15) is 44.1 Å². The Morgan fingerprint density at radius 2 is 1.84 bits per heavy atom. The number of sulfonamides is 1. The van der Waals surface area contributed by atoms with E-state index in [2.05, 4.69) is 15.0 Å². The molecule has 2 heterocycles. The van der Waals surface area contributed by atoms with Gasteiger partial charge in [0.25, 0.3) is 15.9 Å². The highest BCUT2D eigenvalue weighted by atomic mass is 32.2. The highest BCUT2D eigenvalue weighted by Crippen LogP contribution is 2.30. The van der Waals surface area contributed by atoms with Gasteiger partial charge in [-0.2, -0.15) is 8.42 Å². The molecule has 1 saturated carbocycles. The van der Waals surface area contributed by atoms with Crippen molar-refractivity contribution in [3.8, 4) is 0 Å². The largest absolute Gasteiger partial charge is 0.455 e. The van der Waals surface area contributed by atoms with Crippen LogP contribution in [0.2, 0.25) is 0 Å². The quantitative estimate of drug-likeness (QED) is 0.641. The first kappa shape index (κ1) is 22.3. The molecule has 10 nitrogen and oxygen atoms in total. The first-order valence-corrected chi connectivity index (χ1v) is 12.2. The molecule has 1 aromatic carbocycles. The second-order valence-corrected chi connectivity index (χ2v) is 9.85. The van der Waals surface area contributed by atoms with Gasteiger partial charge in [0.1, 0.15) is 4.90 Å². The summed E-state index contributed by atoms with van der Waals surface area (Å²) < 4.78 is 33.7. The number of ether oxygens (including phenoxy) is 1. The van der Waals surface area contributed by atoms with Crippen LogP contribution in [0.4, 0.5) is 4.79 Å². The van der Waals surface area contributed by atoms with Crippen molar-refractivity contribution in [1.82, 2.24) is 15.5 Å². The zero-order chi connectivity index (χ0) is 22.7. The topological polar surface area (TPSA) is 134 Å². The minimum absolute atomic E-state index is 0.0750. The van der Waals surface area contributed by atoms with E-state index >= 15 is 0 Å². The molecule has 1 atom stereocenters. The molecule has 0 spiro atoms. The molecule has 3 aliphatic rings. The van der Waals surface area contributed by atoms with Gasteiger partial charge >= 0.3 is 12.0 Å². The number of likely N-dealkylation sites (tertiary alicyclic amines) is 1. The van der Waals surface area contributed by atoms with Gasteiger partial charge in [-0.1, -0.05) is 25.0 Å². The first-order valence-electron chi connectivity index (χ1n) is 10.8. The summed E-state index contributed by atoms with van der Waals surface area (Å²) in [4.78, 5) is 38.2. The number of imide groups is 1. The summed E-state index contributed by atoms with van der Waals surface area (Å²) in [7, 11) is -3.74. The number of esters is 1. The van der Waals surface area contributed by atoms with E-state index < -0.39 is 40.5 Å². The Hall–Kier alpha value is -2.95. The second-order valence-electron chi connectivity index (χ2n) is 8.28. The average molecular weight is 463 g/mol. The molecule has 0 unspecified atom stereocenters. The van der Waals surface area contributed by atoms with Crippen LogP contribution in [0.15, 0.2) is 33.6 Å². The lowest BCUT2D eigenvalue weighted by molar-refractivity contribution is -0.153.